The Morgan fingerprint density at radius 2 is 2.11 bits per heavy atom. The number of carbonyl (C=O) groups is 1. The van der Waals surface area contributed by atoms with Crippen LogP contribution in [0.3, 0.4) is 0 Å². The zero-order chi connectivity index (χ0) is 14.6. The van der Waals surface area contributed by atoms with Crippen LogP contribution in [0.15, 0.2) is 12.1 Å². The molecule has 0 bridgehead atoms. The number of nitrogens with zero attached hydrogens (tertiary/aromatic N) is 3. The zero-order valence-corrected chi connectivity index (χ0v) is 12.5. The predicted octanol–water partition coefficient (Wildman–Crippen LogP) is 2.21. The van der Waals surface area contributed by atoms with E-state index in [1.807, 2.05) is 25.9 Å². The molecule has 0 saturated carbocycles. The van der Waals surface area contributed by atoms with Crippen molar-refractivity contribution in [3.63, 3.8) is 0 Å². The third-order valence-corrected chi connectivity index (χ3v) is 3.02. The second-order valence-electron chi connectivity index (χ2n) is 4.74. The summed E-state index contributed by atoms with van der Waals surface area (Å²) in [6.07, 6.45) is 0. The van der Waals surface area contributed by atoms with Gasteiger partial charge in [0.2, 0.25) is 0 Å². The van der Waals surface area contributed by atoms with Crippen LogP contribution in [-0.2, 0) is 0 Å². The molecule has 6 heteroatoms. The summed E-state index contributed by atoms with van der Waals surface area (Å²) in [5.41, 5.74) is 0.158. The Labute approximate surface area is 118 Å². The number of carboxylic acids is 1. The molecule has 0 radical (unpaired) electrons. The lowest BCUT2D eigenvalue weighted by Gasteiger charge is -2.31. The van der Waals surface area contributed by atoms with Crippen LogP contribution in [0.4, 0.5) is 5.82 Å². The van der Waals surface area contributed by atoms with Gasteiger partial charge in [-0.15, -0.1) is 0 Å². The molecular formula is C13H20ClN3O2. The van der Waals surface area contributed by atoms with Gasteiger partial charge in [0.15, 0.2) is 0 Å². The topological polar surface area (TPSA) is 56.7 Å². The molecule has 0 aliphatic heterocycles. The van der Waals surface area contributed by atoms with Crippen LogP contribution in [0.5, 0.6) is 0 Å². The summed E-state index contributed by atoms with van der Waals surface area (Å²) in [6, 6.07) is 3.13. The molecule has 1 N–H and O–H groups in total. The van der Waals surface area contributed by atoms with Gasteiger partial charge in [-0.3, -0.25) is 0 Å². The normalized spacial score (nSPS) is 12.5. The van der Waals surface area contributed by atoms with Gasteiger partial charge >= 0.3 is 5.97 Å². The van der Waals surface area contributed by atoms with Crippen LogP contribution in [0.2, 0.25) is 5.15 Å². The highest BCUT2D eigenvalue weighted by Gasteiger charge is 2.17. The maximum atomic E-state index is 11.1. The largest absolute Gasteiger partial charge is 0.478 e. The van der Waals surface area contributed by atoms with E-state index in [1.165, 1.54) is 6.07 Å². The lowest BCUT2D eigenvalue weighted by atomic mass is 10.2. The number of aromatic carboxylic acids is 1. The van der Waals surface area contributed by atoms with E-state index in [0.717, 1.165) is 13.1 Å². The van der Waals surface area contributed by atoms with Crippen molar-refractivity contribution in [2.24, 2.45) is 0 Å². The Balaban J connectivity index is 3.07. The quantitative estimate of drug-likeness (QED) is 0.812. The van der Waals surface area contributed by atoms with Crippen molar-refractivity contribution < 1.29 is 9.90 Å². The molecule has 1 rings (SSSR count). The van der Waals surface area contributed by atoms with Crippen LogP contribution in [0, 0.1) is 0 Å². The fourth-order valence-corrected chi connectivity index (χ4v) is 2.28. The van der Waals surface area contributed by atoms with Crippen molar-refractivity contribution in [3.8, 4) is 0 Å². The molecule has 5 nitrogen and oxygen atoms in total. The van der Waals surface area contributed by atoms with Gasteiger partial charge in [0.1, 0.15) is 11.0 Å². The van der Waals surface area contributed by atoms with Gasteiger partial charge in [0.05, 0.1) is 5.56 Å². The van der Waals surface area contributed by atoms with Crippen molar-refractivity contribution in [2.75, 3.05) is 32.1 Å². The van der Waals surface area contributed by atoms with Gasteiger partial charge in [0.25, 0.3) is 0 Å². The Bertz CT molecular complexity index is 452. The second kappa shape index (κ2) is 6.73. The number of anilines is 1. The Morgan fingerprint density at radius 3 is 2.58 bits per heavy atom. The molecule has 106 valence electrons. The van der Waals surface area contributed by atoms with Gasteiger partial charge < -0.3 is 14.9 Å². The first-order valence-electron chi connectivity index (χ1n) is 6.17. The summed E-state index contributed by atoms with van der Waals surface area (Å²) in [5, 5.41) is 9.26. The summed E-state index contributed by atoms with van der Waals surface area (Å²) >= 11 is 5.89. The first kappa shape index (κ1) is 15.7. The van der Waals surface area contributed by atoms with Gasteiger partial charge in [0, 0.05) is 19.1 Å². The number of rotatable bonds is 6. The van der Waals surface area contributed by atoms with E-state index in [2.05, 4.69) is 16.8 Å². The number of carboxylic acid groups (broad SMARTS) is 1. The minimum atomic E-state index is -0.998. The van der Waals surface area contributed by atoms with E-state index < -0.39 is 5.97 Å². The van der Waals surface area contributed by atoms with E-state index >= 15 is 0 Å². The van der Waals surface area contributed by atoms with E-state index in [-0.39, 0.29) is 16.8 Å². The number of hydrogen-bond acceptors (Lipinski definition) is 4. The number of hydrogen-bond donors (Lipinski definition) is 1. The van der Waals surface area contributed by atoms with Crippen LogP contribution < -0.4 is 4.90 Å². The smallest absolute Gasteiger partial charge is 0.335 e. The summed E-state index contributed by atoms with van der Waals surface area (Å²) in [7, 11) is 4.00. The summed E-state index contributed by atoms with van der Waals surface area (Å²) in [6.45, 7) is 5.67. The third-order valence-electron chi connectivity index (χ3n) is 2.82. The minimum absolute atomic E-state index is 0.158. The van der Waals surface area contributed by atoms with E-state index in [4.69, 9.17) is 16.7 Å². The lowest BCUT2D eigenvalue weighted by molar-refractivity contribution is 0.0696. The standard InChI is InChI=1S/C13H20ClN3O2/c1-5-17(9(2)8-16(3)4)12-7-10(13(18)19)6-11(14)15-12/h6-7,9H,5,8H2,1-4H3,(H,18,19). The molecule has 0 saturated heterocycles. The number of aromatic nitrogens is 1. The monoisotopic (exact) mass is 285 g/mol. The van der Waals surface area contributed by atoms with Gasteiger partial charge in [-0.25, -0.2) is 9.78 Å². The first-order valence-corrected chi connectivity index (χ1v) is 6.55. The molecule has 1 atom stereocenters. The fraction of sp³-hybridized carbons (Fsp3) is 0.538. The van der Waals surface area contributed by atoms with E-state index in [1.54, 1.807) is 6.07 Å². The van der Waals surface area contributed by atoms with Crippen molar-refractivity contribution in [3.05, 3.63) is 22.8 Å². The van der Waals surface area contributed by atoms with E-state index in [0.29, 0.717) is 5.82 Å². The van der Waals surface area contributed by atoms with Gasteiger partial charge in [-0.05, 0) is 40.1 Å². The summed E-state index contributed by atoms with van der Waals surface area (Å²) in [5.74, 6) is -0.399. The average Bonchev–Trinajstić information content (AvgIpc) is 2.27. The zero-order valence-electron chi connectivity index (χ0n) is 11.7. The molecule has 0 spiro atoms. The number of pyridine rings is 1. The molecule has 0 aromatic carbocycles. The molecule has 1 aromatic heterocycles. The summed E-state index contributed by atoms with van der Waals surface area (Å²) in [4.78, 5) is 19.4. The Hall–Kier alpha value is -1.33. The maximum absolute atomic E-state index is 11.1. The SMILES string of the molecule is CCN(c1cc(C(=O)O)cc(Cl)n1)C(C)CN(C)C. The number of halogens is 1. The molecule has 0 amide bonds. The fourth-order valence-electron chi connectivity index (χ4n) is 2.08. The van der Waals surface area contributed by atoms with Gasteiger partial charge in [-0.2, -0.15) is 0 Å². The van der Waals surface area contributed by atoms with Crippen LogP contribution >= 0.6 is 11.6 Å². The Kier molecular flexibility index (Phi) is 5.57. The highest BCUT2D eigenvalue weighted by Crippen LogP contribution is 2.20. The first-order chi connectivity index (χ1) is 8.85. The highest BCUT2D eigenvalue weighted by atomic mass is 35.5. The lowest BCUT2D eigenvalue weighted by Crippen LogP contribution is -2.40. The molecule has 1 aromatic rings. The summed E-state index contributed by atoms with van der Waals surface area (Å²) < 4.78 is 0. The van der Waals surface area contributed by atoms with Crippen LogP contribution in [0.1, 0.15) is 24.2 Å². The van der Waals surface area contributed by atoms with Crippen LogP contribution in [0.25, 0.3) is 0 Å². The molecule has 1 unspecified atom stereocenters. The minimum Gasteiger partial charge on any atom is -0.478 e. The van der Waals surface area contributed by atoms with Crippen molar-refractivity contribution >= 4 is 23.4 Å². The number of likely N-dealkylation sites (N-methyl/N-ethyl adjacent to an activating group) is 2. The van der Waals surface area contributed by atoms with E-state index in [9.17, 15) is 4.79 Å². The molecule has 1 heterocycles. The molecule has 0 aliphatic rings. The highest BCUT2D eigenvalue weighted by molar-refractivity contribution is 6.29. The maximum Gasteiger partial charge on any atom is 0.335 e. The average molecular weight is 286 g/mol. The Morgan fingerprint density at radius 1 is 1.47 bits per heavy atom. The molecule has 0 aliphatic carbocycles. The third kappa shape index (κ3) is 4.36. The van der Waals surface area contributed by atoms with Crippen LogP contribution in [-0.4, -0.2) is 54.2 Å². The second-order valence-corrected chi connectivity index (χ2v) is 5.13. The van der Waals surface area contributed by atoms with Crippen molar-refractivity contribution in [1.29, 1.82) is 0 Å². The molecular weight excluding hydrogens is 266 g/mol. The van der Waals surface area contributed by atoms with Crippen molar-refractivity contribution in [2.45, 2.75) is 19.9 Å². The van der Waals surface area contributed by atoms with Crippen molar-refractivity contribution in [1.82, 2.24) is 9.88 Å². The molecule has 19 heavy (non-hydrogen) atoms. The van der Waals surface area contributed by atoms with Gasteiger partial charge in [-0.1, -0.05) is 11.6 Å². The predicted molar refractivity (Wildman–Crippen MR) is 77.2 cm³/mol. The molecule has 0 fully saturated rings.